The number of hydrogen-bond acceptors (Lipinski definition) is 12. The highest BCUT2D eigenvalue weighted by molar-refractivity contribution is 7.16. The summed E-state index contributed by atoms with van der Waals surface area (Å²) in [6, 6.07) is 6.66. The molecule has 50 heavy (non-hydrogen) atoms. The minimum absolute atomic E-state index is 0.0721. The van der Waals surface area contributed by atoms with Crippen LogP contribution in [0.4, 0.5) is 15.5 Å². The van der Waals surface area contributed by atoms with Crippen LogP contribution in [0, 0.1) is 11.3 Å². The summed E-state index contributed by atoms with van der Waals surface area (Å²) in [5.74, 6) is 1.33. The number of hydrogen-bond donors (Lipinski definition) is 1. The first-order valence-corrected chi connectivity index (χ1v) is 18.9. The number of carbonyl (C=O) groups is 1. The minimum Gasteiger partial charge on any atom is -0.473 e. The molecule has 1 spiro atoms. The molecule has 13 heteroatoms. The zero-order valence-electron chi connectivity index (χ0n) is 30.3. The third-order valence-electron chi connectivity index (χ3n) is 11.3. The fourth-order valence-corrected chi connectivity index (χ4v) is 9.96. The number of likely N-dealkylation sites (tertiary alicyclic amines) is 1. The van der Waals surface area contributed by atoms with Crippen molar-refractivity contribution in [1.29, 1.82) is 5.26 Å². The first-order chi connectivity index (χ1) is 23.8. The molecule has 7 rings (SSSR count). The van der Waals surface area contributed by atoms with Crippen LogP contribution in [0.2, 0.25) is 0 Å². The maximum atomic E-state index is 13.5. The standard InChI is InChI=1S/C37H50N8O4S/c1-23(27-11-10-16-43(27)6)47-29-20-24(44-17-18-45(34(46)48-35(2,3)4)37(22-44)14-7-8-15-37)19-26(40-29)32-41-33(49-42-32)36(5)13-9-12-28-30(36)25(21-38)31(39)50-28/h19-20,23,27H,7-18,22,39H2,1-6H3/t23-,27-,36-/m0/s1. The number of nitrogens with two attached hydrogens (primary N) is 1. The number of thiophene rings is 1. The van der Waals surface area contributed by atoms with Gasteiger partial charge in [-0.3, -0.25) is 9.80 Å². The zero-order chi connectivity index (χ0) is 35.4. The summed E-state index contributed by atoms with van der Waals surface area (Å²) in [7, 11) is 2.15. The van der Waals surface area contributed by atoms with Crippen molar-refractivity contribution in [3.63, 3.8) is 0 Å². The van der Waals surface area contributed by atoms with Gasteiger partial charge >= 0.3 is 6.09 Å². The summed E-state index contributed by atoms with van der Waals surface area (Å²) in [6.45, 7) is 12.9. The van der Waals surface area contributed by atoms with Crippen LogP contribution in [0.25, 0.3) is 11.5 Å². The molecule has 1 amide bonds. The number of rotatable bonds is 6. The second kappa shape index (κ2) is 13.0. The lowest BCUT2D eigenvalue weighted by Crippen LogP contribution is -2.63. The zero-order valence-corrected chi connectivity index (χ0v) is 31.1. The molecule has 0 aromatic carbocycles. The van der Waals surface area contributed by atoms with E-state index in [9.17, 15) is 10.1 Å². The van der Waals surface area contributed by atoms with Crippen LogP contribution >= 0.6 is 11.3 Å². The molecule has 268 valence electrons. The summed E-state index contributed by atoms with van der Waals surface area (Å²) in [6.07, 6.45) is 8.50. The summed E-state index contributed by atoms with van der Waals surface area (Å²) in [5.41, 5.74) is 7.71. The third-order valence-corrected chi connectivity index (χ3v) is 12.3. The van der Waals surface area contributed by atoms with E-state index in [-0.39, 0.29) is 17.7 Å². The molecule has 4 aliphatic rings. The van der Waals surface area contributed by atoms with Crippen molar-refractivity contribution in [3.05, 3.63) is 34.0 Å². The first kappa shape index (κ1) is 34.6. The van der Waals surface area contributed by atoms with E-state index in [1.807, 2.05) is 37.8 Å². The number of carbonyl (C=O) groups excluding carboxylic acids is 1. The second-order valence-corrected chi connectivity index (χ2v) is 17.0. The Bertz CT molecular complexity index is 1790. The molecule has 0 bridgehead atoms. The van der Waals surface area contributed by atoms with Crippen LogP contribution in [0.1, 0.15) is 108 Å². The predicted octanol–water partition coefficient (Wildman–Crippen LogP) is 6.52. The van der Waals surface area contributed by atoms with Crippen molar-refractivity contribution in [2.24, 2.45) is 0 Å². The Morgan fingerprint density at radius 1 is 1.14 bits per heavy atom. The summed E-state index contributed by atoms with van der Waals surface area (Å²) < 4.78 is 18.5. The fraction of sp³-hybridized carbons (Fsp3) is 0.649. The molecule has 5 heterocycles. The fourth-order valence-electron chi connectivity index (χ4n) is 8.77. The van der Waals surface area contributed by atoms with Crippen molar-refractivity contribution < 1.29 is 18.8 Å². The summed E-state index contributed by atoms with van der Waals surface area (Å²) in [4.78, 5) is 31.2. The third kappa shape index (κ3) is 6.30. The number of likely N-dealkylation sites (N-methyl/N-ethyl adjacent to an activating group) is 1. The molecule has 2 saturated heterocycles. The van der Waals surface area contributed by atoms with Gasteiger partial charge in [-0.1, -0.05) is 18.0 Å². The summed E-state index contributed by atoms with van der Waals surface area (Å²) >= 11 is 1.48. The van der Waals surface area contributed by atoms with Crippen LogP contribution < -0.4 is 15.4 Å². The maximum absolute atomic E-state index is 13.5. The second-order valence-electron chi connectivity index (χ2n) is 15.9. The van der Waals surface area contributed by atoms with Gasteiger partial charge in [-0.2, -0.15) is 10.2 Å². The number of amides is 1. The van der Waals surface area contributed by atoms with Crippen LogP contribution in [-0.4, -0.2) is 87.5 Å². The van der Waals surface area contributed by atoms with Crippen molar-refractivity contribution in [1.82, 2.24) is 24.9 Å². The van der Waals surface area contributed by atoms with Gasteiger partial charge in [-0.05, 0) is 99.2 Å². The van der Waals surface area contributed by atoms with Gasteiger partial charge in [0.1, 0.15) is 28.5 Å². The predicted molar refractivity (Wildman–Crippen MR) is 192 cm³/mol. The van der Waals surface area contributed by atoms with E-state index >= 15 is 0 Å². The van der Waals surface area contributed by atoms with Crippen molar-refractivity contribution in [3.8, 4) is 23.5 Å². The van der Waals surface area contributed by atoms with Gasteiger partial charge in [-0.15, -0.1) is 11.3 Å². The lowest BCUT2D eigenvalue weighted by molar-refractivity contribution is -0.00622. The monoisotopic (exact) mass is 702 g/mol. The minimum atomic E-state index is -0.636. The molecule has 0 radical (unpaired) electrons. The Morgan fingerprint density at radius 3 is 2.62 bits per heavy atom. The van der Waals surface area contributed by atoms with Crippen LogP contribution in [0.5, 0.6) is 5.88 Å². The number of anilines is 2. The number of piperazine rings is 1. The number of nitrogen functional groups attached to an aromatic ring is 1. The van der Waals surface area contributed by atoms with E-state index in [0.29, 0.717) is 59.5 Å². The molecule has 2 aliphatic heterocycles. The van der Waals surface area contributed by atoms with Crippen molar-refractivity contribution >= 4 is 28.1 Å². The number of nitrogens with zero attached hydrogens (tertiary/aromatic N) is 7. The normalized spacial score (nSPS) is 24.3. The Kier molecular flexibility index (Phi) is 9.00. The molecule has 3 atom stereocenters. The highest BCUT2D eigenvalue weighted by Gasteiger charge is 2.48. The Morgan fingerprint density at radius 2 is 1.92 bits per heavy atom. The average Bonchev–Trinajstić information content (AvgIpc) is 3.87. The lowest BCUT2D eigenvalue weighted by atomic mass is 9.72. The lowest BCUT2D eigenvalue weighted by Gasteiger charge is -2.49. The van der Waals surface area contributed by atoms with Crippen LogP contribution in [0.15, 0.2) is 16.7 Å². The number of aromatic nitrogens is 3. The Labute approximate surface area is 298 Å². The summed E-state index contributed by atoms with van der Waals surface area (Å²) in [5, 5.41) is 15.0. The molecule has 3 aromatic heterocycles. The SMILES string of the molecule is C[C@H](Oc1cc(N2CCN(C(=O)OC(C)(C)C)C3(CCCC3)C2)cc(-c2noc([C@@]3(C)CCCc4sc(N)c(C#N)c43)n2)n1)[C@@H]1CCCN1C. The maximum Gasteiger partial charge on any atom is 0.410 e. The van der Waals surface area contributed by atoms with Crippen molar-refractivity contribution in [2.75, 3.05) is 43.9 Å². The molecule has 0 unspecified atom stereocenters. The van der Waals surface area contributed by atoms with Gasteiger partial charge in [0.15, 0.2) is 0 Å². The van der Waals surface area contributed by atoms with E-state index in [1.54, 1.807) is 0 Å². The highest BCUT2D eigenvalue weighted by atomic mass is 32.1. The van der Waals surface area contributed by atoms with Gasteiger partial charge in [0.2, 0.25) is 17.6 Å². The van der Waals surface area contributed by atoms with E-state index in [0.717, 1.165) is 80.5 Å². The number of ether oxygens (including phenoxy) is 2. The molecule has 3 aromatic rings. The van der Waals surface area contributed by atoms with Gasteiger partial charge in [0.25, 0.3) is 0 Å². The van der Waals surface area contributed by atoms with E-state index < -0.39 is 11.0 Å². The molecule has 1 saturated carbocycles. The number of nitriles is 1. The van der Waals surface area contributed by atoms with Crippen LogP contribution in [0.3, 0.4) is 0 Å². The molecule has 3 fully saturated rings. The van der Waals surface area contributed by atoms with Gasteiger partial charge in [0, 0.05) is 47.9 Å². The molecule has 2 aliphatic carbocycles. The first-order valence-electron chi connectivity index (χ1n) is 18.1. The average molecular weight is 703 g/mol. The van der Waals surface area contributed by atoms with Gasteiger partial charge in [-0.25, -0.2) is 9.78 Å². The van der Waals surface area contributed by atoms with E-state index in [4.69, 9.17) is 29.7 Å². The number of aryl methyl sites for hydroxylation is 1. The topological polar surface area (TPSA) is 147 Å². The largest absolute Gasteiger partial charge is 0.473 e. The smallest absolute Gasteiger partial charge is 0.410 e. The quantitative estimate of drug-likeness (QED) is 0.299. The number of pyridine rings is 1. The molecule has 12 nitrogen and oxygen atoms in total. The van der Waals surface area contributed by atoms with Crippen LogP contribution in [-0.2, 0) is 16.6 Å². The molecule has 2 N–H and O–H groups in total. The Hall–Kier alpha value is -3.89. The van der Waals surface area contributed by atoms with E-state index in [2.05, 4.69) is 41.9 Å². The van der Waals surface area contributed by atoms with Crippen molar-refractivity contribution in [2.45, 2.75) is 121 Å². The Balaban J connectivity index is 1.24. The van der Waals surface area contributed by atoms with Gasteiger partial charge < -0.3 is 24.6 Å². The number of fused-ring (bicyclic) bond motifs is 1. The molecular formula is C37H50N8O4S. The molecular weight excluding hydrogens is 653 g/mol. The van der Waals surface area contributed by atoms with Gasteiger partial charge in [0.05, 0.1) is 16.5 Å². The highest BCUT2D eigenvalue weighted by Crippen LogP contribution is 2.49. The van der Waals surface area contributed by atoms with E-state index in [1.165, 1.54) is 11.3 Å².